The molecule has 2 fully saturated rings. The number of pyridine rings is 1. The van der Waals surface area contributed by atoms with Gasteiger partial charge in [-0.2, -0.15) is 8.78 Å². The average Bonchev–Trinajstić information content (AvgIpc) is 2.95. The van der Waals surface area contributed by atoms with Crippen LogP contribution in [0.1, 0.15) is 41.4 Å². The molecule has 0 spiro atoms. The second-order valence-electron chi connectivity index (χ2n) is 9.75. The van der Waals surface area contributed by atoms with E-state index in [2.05, 4.69) is 25.4 Å². The summed E-state index contributed by atoms with van der Waals surface area (Å²) < 4.78 is 44.7. The van der Waals surface area contributed by atoms with Crippen molar-refractivity contribution in [2.75, 3.05) is 49.7 Å². The Labute approximate surface area is 225 Å². The maximum atomic E-state index is 13.7. The molecular formula is C28H31F2N5O4. The number of halogens is 2. The van der Waals surface area contributed by atoms with Gasteiger partial charge in [0.15, 0.2) is 0 Å². The molecule has 0 atom stereocenters. The fourth-order valence-electron chi connectivity index (χ4n) is 4.56. The molecule has 206 valence electrons. The van der Waals surface area contributed by atoms with E-state index in [-0.39, 0.29) is 11.7 Å². The quantitative estimate of drug-likeness (QED) is 0.465. The van der Waals surface area contributed by atoms with E-state index < -0.39 is 17.5 Å². The highest BCUT2D eigenvalue weighted by Crippen LogP contribution is 2.34. The molecule has 1 amide bonds. The second-order valence-corrected chi connectivity index (χ2v) is 9.75. The maximum absolute atomic E-state index is 13.7. The van der Waals surface area contributed by atoms with E-state index in [9.17, 15) is 13.6 Å². The van der Waals surface area contributed by atoms with Gasteiger partial charge in [-0.05, 0) is 42.8 Å². The molecule has 1 N–H and O–H groups in total. The van der Waals surface area contributed by atoms with Crippen LogP contribution in [0.2, 0.25) is 0 Å². The fraction of sp³-hybridized carbons (Fsp3) is 0.429. The molecule has 0 unspecified atom stereocenters. The van der Waals surface area contributed by atoms with E-state index in [0.717, 1.165) is 42.6 Å². The molecule has 2 saturated heterocycles. The normalized spacial score (nSPS) is 16.7. The Balaban J connectivity index is 1.42. The van der Waals surface area contributed by atoms with Gasteiger partial charge in [0.1, 0.15) is 17.5 Å². The van der Waals surface area contributed by atoms with Crippen molar-refractivity contribution >= 4 is 17.3 Å². The van der Waals surface area contributed by atoms with Crippen LogP contribution >= 0.6 is 0 Å². The van der Waals surface area contributed by atoms with Gasteiger partial charge in [-0.3, -0.25) is 9.78 Å². The minimum atomic E-state index is -3.15. The smallest absolute Gasteiger partial charge is 0.286 e. The lowest BCUT2D eigenvalue weighted by molar-refractivity contribution is 0.0127. The van der Waals surface area contributed by atoms with Crippen molar-refractivity contribution in [3.05, 3.63) is 59.4 Å². The summed E-state index contributed by atoms with van der Waals surface area (Å²) in [5.74, 6) is -3.18. The predicted molar refractivity (Wildman–Crippen MR) is 141 cm³/mol. The Hall–Kier alpha value is -3.70. The van der Waals surface area contributed by atoms with Gasteiger partial charge in [0, 0.05) is 55.9 Å². The number of nitrogens with one attached hydrogen (secondary N) is 1. The Morgan fingerprint density at radius 1 is 1.05 bits per heavy atom. The Morgan fingerprint density at radius 3 is 2.54 bits per heavy atom. The molecule has 2 aromatic heterocycles. The number of nitrogens with zero attached hydrogens (tertiary/aromatic N) is 4. The van der Waals surface area contributed by atoms with Gasteiger partial charge >= 0.3 is 0 Å². The van der Waals surface area contributed by atoms with Crippen LogP contribution in [0.4, 0.5) is 20.2 Å². The zero-order valence-electron chi connectivity index (χ0n) is 22.0. The number of anilines is 2. The van der Waals surface area contributed by atoms with E-state index in [1.165, 1.54) is 12.3 Å². The molecule has 0 aliphatic carbocycles. The van der Waals surface area contributed by atoms with Crippen LogP contribution in [-0.2, 0) is 15.4 Å². The molecule has 0 radical (unpaired) electrons. The molecule has 5 rings (SSSR count). The number of hydrogen-bond acceptors (Lipinski definition) is 8. The topological polar surface area (TPSA) is 98.7 Å². The van der Waals surface area contributed by atoms with Gasteiger partial charge in [0.05, 0.1) is 32.1 Å². The van der Waals surface area contributed by atoms with Gasteiger partial charge in [0.25, 0.3) is 17.7 Å². The number of hydrogen-bond donors (Lipinski definition) is 1. The van der Waals surface area contributed by atoms with E-state index in [4.69, 9.17) is 14.2 Å². The summed E-state index contributed by atoms with van der Waals surface area (Å²) >= 11 is 0. The van der Waals surface area contributed by atoms with Crippen LogP contribution in [0, 0.1) is 6.92 Å². The minimum absolute atomic E-state index is 0.0142. The molecule has 0 saturated carbocycles. The van der Waals surface area contributed by atoms with Crippen molar-refractivity contribution in [1.82, 2.24) is 15.2 Å². The van der Waals surface area contributed by atoms with Gasteiger partial charge in [-0.25, -0.2) is 0 Å². The number of ether oxygens (including phenoxy) is 3. The highest BCUT2D eigenvalue weighted by Gasteiger charge is 2.27. The molecule has 1 aromatic carbocycles. The van der Waals surface area contributed by atoms with Crippen molar-refractivity contribution < 1.29 is 27.8 Å². The highest BCUT2D eigenvalue weighted by atomic mass is 19.3. The first-order valence-corrected chi connectivity index (χ1v) is 13.0. The van der Waals surface area contributed by atoms with E-state index in [1.807, 2.05) is 19.1 Å². The van der Waals surface area contributed by atoms with Crippen molar-refractivity contribution in [1.29, 1.82) is 0 Å². The Bertz CT molecular complexity index is 1320. The summed E-state index contributed by atoms with van der Waals surface area (Å²) in [4.78, 5) is 18.7. The van der Waals surface area contributed by atoms with Crippen molar-refractivity contribution in [2.24, 2.45) is 0 Å². The zero-order valence-corrected chi connectivity index (χ0v) is 22.0. The van der Waals surface area contributed by atoms with Crippen molar-refractivity contribution in [3.63, 3.8) is 0 Å². The molecule has 3 aromatic rings. The number of amides is 1. The molecule has 39 heavy (non-hydrogen) atoms. The summed E-state index contributed by atoms with van der Waals surface area (Å²) in [6, 6.07) is 9.88. The van der Waals surface area contributed by atoms with E-state index >= 15 is 0 Å². The van der Waals surface area contributed by atoms with Crippen LogP contribution in [0.5, 0.6) is 5.88 Å². The zero-order chi connectivity index (χ0) is 27.4. The second kappa shape index (κ2) is 11.6. The van der Waals surface area contributed by atoms with E-state index in [0.29, 0.717) is 56.8 Å². The van der Waals surface area contributed by atoms with Crippen molar-refractivity contribution in [2.45, 2.75) is 38.7 Å². The minimum Gasteiger partial charge on any atom is -0.472 e. The maximum Gasteiger partial charge on any atom is 0.286 e. The summed E-state index contributed by atoms with van der Waals surface area (Å²) in [6.45, 7) is 6.62. The lowest BCUT2D eigenvalue weighted by Gasteiger charge is -2.31. The number of morpholine rings is 1. The first kappa shape index (κ1) is 26.9. The SMILES string of the molecule is Cc1ccc(NC(=O)c2ccnc(C(C)(F)F)c2)cc1-c1cc(N2CCOCC2)c(OC2CCOCC2)nn1. The lowest BCUT2D eigenvalue weighted by Crippen LogP contribution is -2.37. The van der Waals surface area contributed by atoms with Crippen LogP contribution in [0.3, 0.4) is 0 Å². The van der Waals surface area contributed by atoms with Crippen LogP contribution in [0.25, 0.3) is 11.3 Å². The summed E-state index contributed by atoms with van der Waals surface area (Å²) in [6.07, 6.45) is 2.80. The molecular weight excluding hydrogens is 508 g/mol. The Morgan fingerprint density at radius 2 is 1.79 bits per heavy atom. The third-order valence-corrected chi connectivity index (χ3v) is 6.78. The van der Waals surface area contributed by atoms with Crippen molar-refractivity contribution in [3.8, 4) is 17.1 Å². The highest BCUT2D eigenvalue weighted by molar-refractivity contribution is 6.04. The monoisotopic (exact) mass is 539 g/mol. The molecule has 2 aliphatic rings. The third kappa shape index (κ3) is 6.48. The molecule has 4 heterocycles. The van der Waals surface area contributed by atoms with Gasteiger partial charge < -0.3 is 24.4 Å². The lowest BCUT2D eigenvalue weighted by atomic mass is 10.0. The van der Waals surface area contributed by atoms with Crippen LogP contribution < -0.4 is 15.0 Å². The number of carbonyl (C=O) groups excluding carboxylic acids is 1. The number of alkyl halides is 2. The standard InChI is InChI=1S/C28H31F2N5O4/c1-18-3-4-20(32-26(36)19-5-8-31-25(15-19)28(2,29)30)16-22(18)23-17-24(35-9-13-38-14-10-35)27(34-33-23)39-21-6-11-37-12-7-21/h3-5,8,15-17,21H,6-7,9-14H2,1-2H3,(H,32,36). The first-order valence-electron chi connectivity index (χ1n) is 13.0. The summed E-state index contributed by atoms with van der Waals surface area (Å²) in [7, 11) is 0. The number of aromatic nitrogens is 3. The molecule has 2 aliphatic heterocycles. The average molecular weight is 540 g/mol. The molecule has 11 heteroatoms. The number of benzene rings is 1. The van der Waals surface area contributed by atoms with Gasteiger partial charge in [0.2, 0.25) is 0 Å². The third-order valence-electron chi connectivity index (χ3n) is 6.78. The molecule has 0 bridgehead atoms. The number of aryl methyl sites for hydroxylation is 1. The van der Waals surface area contributed by atoms with Gasteiger partial charge in [-0.15, -0.1) is 10.2 Å². The van der Waals surface area contributed by atoms with Gasteiger partial charge in [-0.1, -0.05) is 6.07 Å². The first-order chi connectivity index (χ1) is 18.8. The number of rotatable bonds is 7. The largest absolute Gasteiger partial charge is 0.472 e. The predicted octanol–water partition coefficient (Wildman–Crippen LogP) is 4.61. The van der Waals surface area contributed by atoms with Crippen LogP contribution in [0.15, 0.2) is 42.6 Å². The van der Waals surface area contributed by atoms with Crippen LogP contribution in [-0.4, -0.2) is 66.7 Å². The number of carbonyl (C=O) groups is 1. The van der Waals surface area contributed by atoms with E-state index in [1.54, 1.807) is 12.1 Å². The summed E-state index contributed by atoms with van der Waals surface area (Å²) in [5, 5.41) is 11.7. The Kier molecular flexibility index (Phi) is 7.99. The molecule has 9 nitrogen and oxygen atoms in total. The fourth-order valence-corrected chi connectivity index (χ4v) is 4.56. The summed E-state index contributed by atoms with van der Waals surface area (Å²) in [5.41, 5.74) is 3.31.